The Kier molecular flexibility index (Phi) is 10.8. The van der Waals surface area contributed by atoms with E-state index in [-0.39, 0.29) is 5.75 Å². The lowest BCUT2D eigenvalue weighted by atomic mass is 10.1. The minimum absolute atomic E-state index is 0.0909. The van der Waals surface area contributed by atoms with Crippen LogP contribution in [0, 0.1) is 0 Å². The number of aliphatic hydroxyl groups excluding tert-OH is 1. The second kappa shape index (κ2) is 12.3. The standard InChI is InChI=1S/C17H30N4O6S2/c1-9(22)13(18)16(25)21-6-3-4-12(21)15(24)19-10(5-7-29-2)14(23)20-11(8-28)17(26)27/h9-13,22,28H,3-8,18H2,1-2H3,(H,19,24)(H,20,23)(H,26,27). The predicted octanol–water partition coefficient (Wildman–Crippen LogP) is -1.58. The first-order chi connectivity index (χ1) is 13.6. The molecule has 0 aromatic rings. The number of aliphatic carboxylic acids is 1. The number of hydrogen-bond acceptors (Lipinski definition) is 8. The first-order valence-corrected chi connectivity index (χ1v) is 11.3. The van der Waals surface area contributed by atoms with Crippen LogP contribution in [0.25, 0.3) is 0 Å². The maximum Gasteiger partial charge on any atom is 0.327 e. The SMILES string of the molecule is CSCCC(NC(=O)C1CCCN1C(=O)C(N)C(C)O)C(=O)NC(CS)C(=O)O. The molecule has 5 atom stereocenters. The molecule has 5 unspecified atom stereocenters. The van der Waals surface area contributed by atoms with Gasteiger partial charge in [0.05, 0.1) is 6.10 Å². The number of carboxylic acids is 1. The molecular weight excluding hydrogens is 420 g/mol. The molecule has 1 rings (SSSR count). The van der Waals surface area contributed by atoms with Gasteiger partial charge in [-0.05, 0) is 38.2 Å². The van der Waals surface area contributed by atoms with E-state index in [4.69, 9.17) is 10.8 Å². The Morgan fingerprint density at radius 1 is 1.28 bits per heavy atom. The number of hydrogen-bond donors (Lipinski definition) is 6. The number of carbonyl (C=O) groups excluding carboxylic acids is 3. The number of amides is 3. The molecule has 1 saturated heterocycles. The molecule has 0 aromatic heterocycles. The third-order valence-electron chi connectivity index (χ3n) is 4.68. The van der Waals surface area contributed by atoms with Crippen molar-refractivity contribution < 1.29 is 29.4 Å². The predicted molar refractivity (Wildman–Crippen MR) is 113 cm³/mol. The van der Waals surface area contributed by atoms with Crippen LogP contribution in [0.15, 0.2) is 0 Å². The Bertz CT molecular complexity index is 606. The second-order valence-corrected chi connectivity index (χ2v) is 8.23. The third kappa shape index (κ3) is 7.36. The number of nitrogens with zero attached hydrogens (tertiary/aromatic N) is 1. The van der Waals surface area contributed by atoms with Crippen LogP contribution in [0.3, 0.4) is 0 Å². The van der Waals surface area contributed by atoms with Crippen LogP contribution >= 0.6 is 24.4 Å². The van der Waals surface area contributed by atoms with Gasteiger partial charge in [0.1, 0.15) is 24.2 Å². The number of thiol groups is 1. The fourth-order valence-electron chi connectivity index (χ4n) is 2.93. The van der Waals surface area contributed by atoms with Gasteiger partial charge in [0.25, 0.3) is 0 Å². The van der Waals surface area contributed by atoms with Gasteiger partial charge >= 0.3 is 5.97 Å². The summed E-state index contributed by atoms with van der Waals surface area (Å²) in [5, 5.41) is 23.7. The van der Waals surface area contributed by atoms with Crippen LogP contribution in [0.4, 0.5) is 0 Å². The molecule has 0 bridgehead atoms. The number of nitrogens with two attached hydrogens (primary N) is 1. The van der Waals surface area contributed by atoms with Gasteiger partial charge in [-0.15, -0.1) is 0 Å². The van der Waals surface area contributed by atoms with Crippen molar-refractivity contribution in [2.45, 2.75) is 56.5 Å². The van der Waals surface area contributed by atoms with E-state index in [0.29, 0.717) is 31.6 Å². The maximum atomic E-state index is 12.8. The highest BCUT2D eigenvalue weighted by molar-refractivity contribution is 7.98. The largest absolute Gasteiger partial charge is 0.480 e. The fraction of sp³-hybridized carbons (Fsp3) is 0.765. The van der Waals surface area contributed by atoms with Crippen molar-refractivity contribution in [3.8, 4) is 0 Å². The van der Waals surface area contributed by atoms with Gasteiger partial charge in [-0.2, -0.15) is 24.4 Å². The van der Waals surface area contributed by atoms with E-state index in [1.807, 2.05) is 6.26 Å². The number of carboxylic acid groups (broad SMARTS) is 1. The first kappa shape index (κ1) is 25.5. The molecule has 12 heteroatoms. The summed E-state index contributed by atoms with van der Waals surface area (Å²) in [5.41, 5.74) is 5.71. The maximum absolute atomic E-state index is 12.8. The van der Waals surface area contributed by atoms with E-state index in [0.717, 1.165) is 0 Å². The Labute approximate surface area is 179 Å². The monoisotopic (exact) mass is 450 g/mol. The molecule has 3 amide bonds. The molecule has 0 radical (unpaired) electrons. The molecule has 10 nitrogen and oxygen atoms in total. The summed E-state index contributed by atoms with van der Waals surface area (Å²) in [6, 6.07) is -4.05. The molecule has 0 saturated carbocycles. The molecule has 0 aliphatic carbocycles. The third-order valence-corrected chi connectivity index (χ3v) is 5.69. The highest BCUT2D eigenvalue weighted by Gasteiger charge is 2.38. The van der Waals surface area contributed by atoms with Gasteiger partial charge in [-0.1, -0.05) is 0 Å². The Hall–Kier alpha value is -1.50. The summed E-state index contributed by atoms with van der Waals surface area (Å²) >= 11 is 5.39. The van der Waals surface area contributed by atoms with Gasteiger partial charge in [-0.25, -0.2) is 4.79 Å². The van der Waals surface area contributed by atoms with Gasteiger partial charge in [-0.3, -0.25) is 14.4 Å². The summed E-state index contributed by atoms with van der Waals surface area (Å²) in [4.78, 5) is 50.2. The van der Waals surface area contributed by atoms with Gasteiger partial charge in [0.15, 0.2) is 0 Å². The van der Waals surface area contributed by atoms with Crippen molar-refractivity contribution in [1.82, 2.24) is 15.5 Å². The van der Waals surface area contributed by atoms with E-state index in [1.165, 1.54) is 23.6 Å². The molecule has 166 valence electrons. The normalized spacial score (nSPS) is 20.4. The highest BCUT2D eigenvalue weighted by Crippen LogP contribution is 2.19. The van der Waals surface area contributed by atoms with Crippen LogP contribution in [0.1, 0.15) is 26.2 Å². The van der Waals surface area contributed by atoms with Gasteiger partial charge in [0, 0.05) is 12.3 Å². The van der Waals surface area contributed by atoms with E-state index in [9.17, 15) is 24.3 Å². The van der Waals surface area contributed by atoms with Crippen LogP contribution in [0.5, 0.6) is 0 Å². The lowest BCUT2D eigenvalue weighted by molar-refractivity contribution is -0.143. The second-order valence-electron chi connectivity index (χ2n) is 6.88. The summed E-state index contributed by atoms with van der Waals surface area (Å²) in [7, 11) is 0. The minimum atomic E-state index is -1.22. The zero-order chi connectivity index (χ0) is 22.1. The number of thioether (sulfide) groups is 1. The number of aliphatic hydroxyl groups is 1. The van der Waals surface area contributed by atoms with Crippen LogP contribution in [-0.2, 0) is 19.2 Å². The van der Waals surface area contributed by atoms with Crippen LogP contribution in [-0.4, -0.2) is 93.4 Å². The van der Waals surface area contributed by atoms with Crippen LogP contribution < -0.4 is 16.4 Å². The first-order valence-electron chi connectivity index (χ1n) is 9.31. The molecule has 0 aromatic carbocycles. The molecule has 1 aliphatic rings. The highest BCUT2D eigenvalue weighted by atomic mass is 32.2. The minimum Gasteiger partial charge on any atom is -0.480 e. The summed E-state index contributed by atoms with van der Waals surface area (Å²) in [6.07, 6.45) is 2.10. The summed E-state index contributed by atoms with van der Waals surface area (Å²) < 4.78 is 0. The smallest absolute Gasteiger partial charge is 0.327 e. The van der Waals surface area contributed by atoms with Crippen molar-refractivity contribution in [2.24, 2.45) is 5.73 Å². The molecule has 6 N–H and O–H groups in total. The van der Waals surface area contributed by atoms with Crippen molar-refractivity contribution in [2.75, 3.05) is 24.3 Å². The molecule has 1 fully saturated rings. The molecule has 0 spiro atoms. The summed E-state index contributed by atoms with van der Waals surface area (Å²) in [5.74, 6) is -2.39. The molecule has 1 aliphatic heterocycles. The number of likely N-dealkylation sites (tertiary alicyclic amines) is 1. The fourth-order valence-corrected chi connectivity index (χ4v) is 3.65. The number of carbonyl (C=O) groups is 4. The Morgan fingerprint density at radius 3 is 2.45 bits per heavy atom. The molecule has 29 heavy (non-hydrogen) atoms. The lowest BCUT2D eigenvalue weighted by Crippen LogP contribution is -2.57. The van der Waals surface area contributed by atoms with Gasteiger partial charge in [0.2, 0.25) is 17.7 Å². The number of rotatable bonds is 11. The topological polar surface area (TPSA) is 162 Å². The lowest BCUT2D eigenvalue weighted by Gasteiger charge is -2.29. The van der Waals surface area contributed by atoms with Crippen molar-refractivity contribution in [1.29, 1.82) is 0 Å². The van der Waals surface area contributed by atoms with Crippen molar-refractivity contribution in [3.63, 3.8) is 0 Å². The molecular formula is C17H30N4O6S2. The Balaban J connectivity index is 2.86. The van der Waals surface area contributed by atoms with Crippen molar-refractivity contribution >= 4 is 48.1 Å². The summed E-state index contributed by atoms with van der Waals surface area (Å²) in [6.45, 7) is 1.73. The van der Waals surface area contributed by atoms with E-state index >= 15 is 0 Å². The van der Waals surface area contributed by atoms with E-state index in [1.54, 1.807) is 0 Å². The zero-order valence-electron chi connectivity index (χ0n) is 16.5. The quantitative estimate of drug-likeness (QED) is 0.206. The molecule has 1 heterocycles. The van der Waals surface area contributed by atoms with E-state index < -0.39 is 54.0 Å². The van der Waals surface area contributed by atoms with Gasteiger partial charge < -0.3 is 31.5 Å². The van der Waals surface area contributed by atoms with Crippen molar-refractivity contribution in [3.05, 3.63) is 0 Å². The average molecular weight is 451 g/mol. The Morgan fingerprint density at radius 2 is 1.93 bits per heavy atom. The van der Waals surface area contributed by atoms with Crippen LogP contribution in [0.2, 0.25) is 0 Å². The number of nitrogens with one attached hydrogen (secondary N) is 2. The zero-order valence-corrected chi connectivity index (χ0v) is 18.2. The average Bonchev–Trinajstić information content (AvgIpc) is 3.17. The van der Waals surface area contributed by atoms with E-state index in [2.05, 4.69) is 23.3 Å².